The minimum absolute atomic E-state index is 0.0105. The Morgan fingerprint density at radius 1 is 1.41 bits per heavy atom. The van der Waals surface area contributed by atoms with Crippen molar-refractivity contribution in [1.82, 2.24) is 10.6 Å². The van der Waals surface area contributed by atoms with Crippen molar-refractivity contribution in [2.75, 3.05) is 19.6 Å². The summed E-state index contributed by atoms with van der Waals surface area (Å²) in [6.07, 6.45) is 1.17. The number of para-hydroxylation sites is 1. The standard InChI is InChI=1S/C13H18N2O2/c1-10(16)15-7-6-14-9-12-8-11-4-2-3-5-13(11)17-12/h2-5,12,14H,6-9H2,1H3,(H,15,16). The molecule has 92 valence electrons. The maximum Gasteiger partial charge on any atom is 0.216 e. The lowest BCUT2D eigenvalue weighted by Crippen LogP contribution is -2.35. The Labute approximate surface area is 101 Å². The molecule has 4 heteroatoms. The zero-order valence-electron chi connectivity index (χ0n) is 10.0. The molecule has 2 rings (SSSR count). The minimum Gasteiger partial charge on any atom is -0.488 e. The molecule has 1 aromatic carbocycles. The average Bonchev–Trinajstić information content (AvgIpc) is 2.70. The first-order valence-corrected chi connectivity index (χ1v) is 5.95. The van der Waals surface area contributed by atoms with Crippen LogP contribution in [0.15, 0.2) is 24.3 Å². The van der Waals surface area contributed by atoms with Gasteiger partial charge in [-0.15, -0.1) is 0 Å². The monoisotopic (exact) mass is 234 g/mol. The van der Waals surface area contributed by atoms with Crippen molar-refractivity contribution >= 4 is 5.91 Å². The zero-order valence-corrected chi connectivity index (χ0v) is 10.0. The van der Waals surface area contributed by atoms with Crippen LogP contribution < -0.4 is 15.4 Å². The van der Waals surface area contributed by atoms with E-state index in [4.69, 9.17) is 4.74 Å². The third-order valence-corrected chi connectivity index (χ3v) is 2.76. The van der Waals surface area contributed by atoms with Gasteiger partial charge in [0.1, 0.15) is 11.9 Å². The number of hydrogen-bond donors (Lipinski definition) is 2. The Kier molecular flexibility index (Phi) is 3.98. The average molecular weight is 234 g/mol. The molecule has 0 fully saturated rings. The van der Waals surface area contributed by atoms with Crippen LogP contribution >= 0.6 is 0 Å². The first-order valence-electron chi connectivity index (χ1n) is 5.95. The van der Waals surface area contributed by atoms with Crippen LogP contribution in [0.1, 0.15) is 12.5 Å². The molecule has 1 heterocycles. The fourth-order valence-electron chi connectivity index (χ4n) is 1.96. The van der Waals surface area contributed by atoms with Crippen LogP contribution in [0.2, 0.25) is 0 Å². The predicted octanol–water partition coefficient (Wildman–Crippen LogP) is 0.716. The van der Waals surface area contributed by atoms with E-state index in [1.807, 2.05) is 18.2 Å². The summed E-state index contributed by atoms with van der Waals surface area (Å²) >= 11 is 0. The summed E-state index contributed by atoms with van der Waals surface area (Å²) in [6.45, 7) is 3.77. The Morgan fingerprint density at radius 2 is 2.24 bits per heavy atom. The van der Waals surface area contributed by atoms with Crippen molar-refractivity contribution in [2.45, 2.75) is 19.4 Å². The van der Waals surface area contributed by atoms with Crippen LogP contribution in [0, 0.1) is 0 Å². The number of hydrogen-bond acceptors (Lipinski definition) is 3. The lowest BCUT2D eigenvalue weighted by Gasteiger charge is -2.11. The molecule has 0 aromatic heterocycles. The van der Waals surface area contributed by atoms with Crippen molar-refractivity contribution in [3.05, 3.63) is 29.8 Å². The van der Waals surface area contributed by atoms with E-state index in [-0.39, 0.29) is 12.0 Å². The third-order valence-electron chi connectivity index (χ3n) is 2.76. The summed E-state index contributed by atoms with van der Waals surface area (Å²) in [5, 5.41) is 6.02. The van der Waals surface area contributed by atoms with Crippen LogP contribution in [-0.2, 0) is 11.2 Å². The van der Waals surface area contributed by atoms with E-state index in [1.165, 1.54) is 12.5 Å². The van der Waals surface area contributed by atoms with Gasteiger partial charge in [0.05, 0.1) is 0 Å². The Morgan fingerprint density at radius 3 is 3.00 bits per heavy atom. The normalized spacial score (nSPS) is 17.4. The van der Waals surface area contributed by atoms with Crippen molar-refractivity contribution in [3.63, 3.8) is 0 Å². The van der Waals surface area contributed by atoms with E-state index in [0.717, 1.165) is 25.3 Å². The summed E-state index contributed by atoms with van der Waals surface area (Å²) in [5.74, 6) is 1.01. The number of ether oxygens (including phenoxy) is 1. The molecule has 17 heavy (non-hydrogen) atoms. The molecular formula is C13H18N2O2. The maximum absolute atomic E-state index is 10.6. The second-order valence-corrected chi connectivity index (χ2v) is 4.24. The molecule has 4 nitrogen and oxygen atoms in total. The van der Waals surface area contributed by atoms with Gasteiger partial charge >= 0.3 is 0 Å². The van der Waals surface area contributed by atoms with Crippen LogP contribution in [0.5, 0.6) is 5.75 Å². The van der Waals surface area contributed by atoms with Gasteiger partial charge in [-0.1, -0.05) is 18.2 Å². The highest BCUT2D eigenvalue weighted by Gasteiger charge is 2.21. The number of benzene rings is 1. The summed E-state index contributed by atoms with van der Waals surface area (Å²) in [4.78, 5) is 10.6. The van der Waals surface area contributed by atoms with Crippen LogP contribution in [-0.4, -0.2) is 31.6 Å². The van der Waals surface area contributed by atoms with E-state index >= 15 is 0 Å². The summed E-state index contributed by atoms with van der Waals surface area (Å²) < 4.78 is 5.78. The smallest absolute Gasteiger partial charge is 0.216 e. The molecule has 0 aliphatic carbocycles. The topological polar surface area (TPSA) is 50.4 Å². The van der Waals surface area contributed by atoms with Gasteiger partial charge in [-0.05, 0) is 11.6 Å². The number of rotatable bonds is 5. The van der Waals surface area contributed by atoms with Gasteiger partial charge in [0, 0.05) is 33.0 Å². The molecule has 1 aliphatic heterocycles. The van der Waals surface area contributed by atoms with Gasteiger partial charge in [-0.3, -0.25) is 4.79 Å². The number of fused-ring (bicyclic) bond motifs is 1. The largest absolute Gasteiger partial charge is 0.488 e. The first-order chi connectivity index (χ1) is 8.25. The van der Waals surface area contributed by atoms with Gasteiger partial charge in [-0.25, -0.2) is 0 Å². The van der Waals surface area contributed by atoms with Crippen LogP contribution in [0.4, 0.5) is 0 Å². The Balaban J connectivity index is 1.65. The quantitative estimate of drug-likeness (QED) is 0.738. The molecule has 0 spiro atoms. The zero-order chi connectivity index (χ0) is 12.1. The molecule has 0 saturated heterocycles. The third kappa shape index (κ3) is 3.46. The van der Waals surface area contributed by atoms with E-state index in [2.05, 4.69) is 16.7 Å². The first kappa shape index (κ1) is 11.9. The van der Waals surface area contributed by atoms with E-state index in [0.29, 0.717) is 6.54 Å². The molecule has 1 amide bonds. The summed E-state index contributed by atoms with van der Waals surface area (Å²) in [6, 6.07) is 8.14. The lowest BCUT2D eigenvalue weighted by molar-refractivity contribution is -0.118. The molecule has 2 N–H and O–H groups in total. The van der Waals surface area contributed by atoms with Crippen LogP contribution in [0.3, 0.4) is 0 Å². The highest BCUT2D eigenvalue weighted by molar-refractivity contribution is 5.72. The molecule has 0 bridgehead atoms. The van der Waals surface area contributed by atoms with Crippen molar-refractivity contribution in [3.8, 4) is 5.75 Å². The molecule has 0 radical (unpaired) electrons. The van der Waals surface area contributed by atoms with Crippen molar-refractivity contribution in [2.24, 2.45) is 0 Å². The van der Waals surface area contributed by atoms with E-state index in [9.17, 15) is 4.79 Å². The summed E-state index contributed by atoms with van der Waals surface area (Å²) in [5.41, 5.74) is 1.28. The van der Waals surface area contributed by atoms with Gasteiger partial charge in [0.2, 0.25) is 5.91 Å². The lowest BCUT2D eigenvalue weighted by atomic mass is 10.1. The molecule has 1 aliphatic rings. The number of amides is 1. The molecule has 0 saturated carbocycles. The highest BCUT2D eigenvalue weighted by atomic mass is 16.5. The SMILES string of the molecule is CC(=O)NCCNCC1Cc2ccccc2O1. The molecule has 1 atom stereocenters. The van der Waals surface area contributed by atoms with Gasteiger partial charge in [0.25, 0.3) is 0 Å². The van der Waals surface area contributed by atoms with Crippen LogP contribution in [0.25, 0.3) is 0 Å². The van der Waals surface area contributed by atoms with E-state index in [1.54, 1.807) is 0 Å². The summed E-state index contributed by atoms with van der Waals surface area (Å²) in [7, 11) is 0. The van der Waals surface area contributed by atoms with E-state index < -0.39 is 0 Å². The van der Waals surface area contributed by atoms with Crippen molar-refractivity contribution < 1.29 is 9.53 Å². The number of carbonyl (C=O) groups excluding carboxylic acids is 1. The molecule has 1 unspecified atom stereocenters. The minimum atomic E-state index is 0.0105. The Bertz CT molecular complexity index is 368. The maximum atomic E-state index is 10.6. The fraction of sp³-hybridized carbons (Fsp3) is 0.462. The predicted molar refractivity (Wildman–Crippen MR) is 66.1 cm³/mol. The Hall–Kier alpha value is -1.55. The van der Waals surface area contributed by atoms with Gasteiger partial charge in [0.15, 0.2) is 0 Å². The second-order valence-electron chi connectivity index (χ2n) is 4.24. The second kappa shape index (κ2) is 5.68. The fourth-order valence-corrected chi connectivity index (χ4v) is 1.96. The van der Waals surface area contributed by atoms with Gasteiger partial charge in [-0.2, -0.15) is 0 Å². The number of carbonyl (C=O) groups is 1. The number of nitrogens with one attached hydrogen (secondary N) is 2. The highest BCUT2D eigenvalue weighted by Crippen LogP contribution is 2.27. The van der Waals surface area contributed by atoms with Crippen molar-refractivity contribution in [1.29, 1.82) is 0 Å². The van der Waals surface area contributed by atoms with Gasteiger partial charge < -0.3 is 15.4 Å². The molecule has 1 aromatic rings. The molecular weight excluding hydrogens is 216 g/mol.